The van der Waals surface area contributed by atoms with Gasteiger partial charge in [0.25, 0.3) is 0 Å². The van der Waals surface area contributed by atoms with Crippen molar-refractivity contribution in [2.75, 3.05) is 6.61 Å². The third-order valence-electron chi connectivity index (χ3n) is 3.11. The smallest absolute Gasteiger partial charge is 0.317 e. The van der Waals surface area contributed by atoms with Gasteiger partial charge in [-0.25, -0.2) is 9.37 Å². The Hall–Kier alpha value is -1.46. The maximum atomic E-state index is 14.0. The number of benzene rings is 1. The average molecular weight is 328 g/mol. The van der Waals surface area contributed by atoms with Crippen LogP contribution in [0.1, 0.15) is 26.5 Å². The first-order valence-corrected chi connectivity index (χ1v) is 7.71. The lowest BCUT2D eigenvalue weighted by Gasteiger charge is -2.19. The largest absolute Gasteiger partial charge is 0.465 e. The molecule has 2 rings (SSSR count). The van der Waals surface area contributed by atoms with Crippen LogP contribution in [-0.4, -0.2) is 17.6 Å². The van der Waals surface area contributed by atoms with Gasteiger partial charge in [0.1, 0.15) is 10.4 Å². The molecule has 112 valence electrons. The van der Waals surface area contributed by atoms with Gasteiger partial charge in [-0.15, -0.1) is 11.3 Å². The van der Waals surface area contributed by atoms with Crippen LogP contribution in [0.15, 0.2) is 23.6 Å². The number of esters is 1. The predicted molar refractivity (Wildman–Crippen MR) is 82.2 cm³/mol. The third-order valence-corrected chi connectivity index (χ3v) is 4.28. The molecule has 0 saturated carbocycles. The maximum absolute atomic E-state index is 14.0. The van der Waals surface area contributed by atoms with Crippen LogP contribution in [0.5, 0.6) is 0 Å². The lowest BCUT2D eigenvalue weighted by Crippen LogP contribution is -2.31. The molecule has 3 nitrogen and oxygen atoms in total. The molecule has 0 fully saturated rings. The summed E-state index contributed by atoms with van der Waals surface area (Å²) in [6, 6.07) is 4.76. The minimum absolute atomic E-state index is 0.0499. The van der Waals surface area contributed by atoms with Crippen LogP contribution in [0.25, 0.3) is 10.6 Å². The Labute approximate surface area is 131 Å². The van der Waals surface area contributed by atoms with E-state index in [1.54, 1.807) is 38.3 Å². The van der Waals surface area contributed by atoms with Crippen LogP contribution >= 0.6 is 22.9 Å². The summed E-state index contributed by atoms with van der Waals surface area (Å²) in [4.78, 5) is 16.4. The Morgan fingerprint density at radius 3 is 2.86 bits per heavy atom. The van der Waals surface area contributed by atoms with Crippen LogP contribution < -0.4 is 0 Å². The number of carbonyl (C=O) groups is 1. The molecule has 0 atom stereocenters. The van der Waals surface area contributed by atoms with E-state index in [0.717, 1.165) is 0 Å². The van der Waals surface area contributed by atoms with Gasteiger partial charge < -0.3 is 4.74 Å². The zero-order valence-corrected chi connectivity index (χ0v) is 13.5. The number of carbonyl (C=O) groups excluding carboxylic acids is 1. The highest BCUT2D eigenvalue weighted by molar-refractivity contribution is 7.13. The minimum Gasteiger partial charge on any atom is -0.465 e. The molecule has 0 amide bonds. The first kappa shape index (κ1) is 15.9. The fraction of sp³-hybridized carbons (Fsp3) is 0.333. The number of halogens is 2. The second-order valence-corrected chi connectivity index (χ2v) is 6.25. The van der Waals surface area contributed by atoms with Gasteiger partial charge in [0.2, 0.25) is 0 Å². The average Bonchev–Trinajstić information content (AvgIpc) is 2.92. The summed E-state index contributed by atoms with van der Waals surface area (Å²) in [5.74, 6) is -0.859. The fourth-order valence-electron chi connectivity index (χ4n) is 1.77. The molecule has 0 aliphatic rings. The second-order valence-electron chi connectivity index (χ2n) is 4.98. The summed E-state index contributed by atoms with van der Waals surface area (Å²) in [5.41, 5.74) is 0.0125. The number of aromatic nitrogens is 1. The second kappa shape index (κ2) is 6.12. The first-order chi connectivity index (χ1) is 9.87. The molecule has 6 heteroatoms. The van der Waals surface area contributed by atoms with Crippen LogP contribution in [0.4, 0.5) is 4.39 Å². The van der Waals surface area contributed by atoms with Crippen molar-refractivity contribution in [2.45, 2.75) is 26.2 Å². The molecule has 1 aromatic carbocycles. The summed E-state index contributed by atoms with van der Waals surface area (Å²) in [6.45, 7) is 5.53. The molecule has 0 aliphatic carbocycles. The zero-order valence-electron chi connectivity index (χ0n) is 11.9. The van der Waals surface area contributed by atoms with Gasteiger partial charge >= 0.3 is 5.97 Å². The number of hydrogen-bond acceptors (Lipinski definition) is 4. The maximum Gasteiger partial charge on any atom is 0.317 e. The minimum atomic E-state index is -0.875. The SMILES string of the molecule is CCOC(=O)C(C)(C)c1csc(-c2cccc(Cl)c2F)n1. The van der Waals surface area contributed by atoms with Gasteiger partial charge in [-0.2, -0.15) is 0 Å². The number of hydrogen-bond donors (Lipinski definition) is 0. The van der Waals surface area contributed by atoms with E-state index in [2.05, 4.69) is 4.98 Å². The van der Waals surface area contributed by atoms with Crippen molar-refractivity contribution in [1.82, 2.24) is 4.98 Å². The van der Waals surface area contributed by atoms with Crippen LogP contribution in [0, 0.1) is 5.82 Å². The number of rotatable bonds is 4. The van der Waals surface area contributed by atoms with Crippen molar-refractivity contribution in [2.24, 2.45) is 0 Å². The Morgan fingerprint density at radius 1 is 1.48 bits per heavy atom. The molecule has 1 heterocycles. The highest BCUT2D eigenvalue weighted by Gasteiger charge is 2.34. The van der Waals surface area contributed by atoms with E-state index in [9.17, 15) is 9.18 Å². The van der Waals surface area contributed by atoms with Gasteiger partial charge in [-0.3, -0.25) is 4.79 Å². The van der Waals surface area contributed by atoms with Crippen LogP contribution in [0.3, 0.4) is 0 Å². The fourth-order valence-corrected chi connectivity index (χ4v) is 2.95. The van der Waals surface area contributed by atoms with E-state index < -0.39 is 11.2 Å². The van der Waals surface area contributed by atoms with E-state index in [0.29, 0.717) is 22.9 Å². The van der Waals surface area contributed by atoms with Crippen molar-refractivity contribution in [3.05, 3.63) is 40.1 Å². The molecule has 0 N–H and O–H groups in total. The van der Waals surface area contributed by atoms with Gasteiger partial charge in [0, 0.05) is 10.9 Å². The number of ether oxygens (including phenoxy) is 1. The van der Waals surface area contributed by atoms with Gasteiger partial charge in [0.15, 0.2) is 5.82 Å². The van der Waals surface area contributed by atoms with E-state index in [4.69, 9.17) is 16.3 Å². The standard InChI is InChI=1S/C15H15ClFNO2S/c1-4-20-14(19)15(2,3)11-8-21-13(18-11)9-6-5-7-10(16)12(9)17/h5-8H,4H2,1-3H3. The first-order valence-electron chi connectivity index (χ1n) is 6.45. The molecule has 0 spiro atoms. The van der Waals surface area contributed by atoms with Crippen molar-refractivity contribution < 1.29 is 13.9 Å². The molecule has 0 radical (unpaired) electrons. The molecule has 0 bridgehead atoms. The van der Waals surface area contributed by atoms with Gasteiger partial charge in [-0.1, -0.05) is 17.7 Å². The Balaban J connectivity index is 2.38. The summed E-state index contributed by atoms with van der Waals surface area (Å²) in [7, 11) is 0. The molecule has 1 aromatic heterocycles. The molecule has 2 aromatic rings. The summed E-state index contributed by atoms with van der Waals surface area (Å²) in [6.07, 6.45) is 0. The Morgan fingerprint density at radius 2 is 2.19 bits per heavy atom. The number of thiazole rings is 1. The summed E-state index contributed by atoms with van der Waals surface area (Å²) < 4.78 is 19.1. The van der Waals surface area contributed by atoms with E-state index in [1.165, 1.54) is 17.4 Å². The van der Waals surface area contributed by atoms with Crippen molar-refractivity contribution in [3.8, 4) is 10.6 Å². The summed E-state index contributed by atoms with van der Waals surface area (Å²) in [5, 5.41) is 2.28. The van der Waals surface area contributed by atoms with Gasteiger partial charge in [0.05, 0.1) is 17.3 Å². The van der Waals surface area contributed by atoms with E-state index in [-0.39, 0.29) is 11.0 Å². The predicted octanol–water partition coefficient (Wildman–Crippen LogP) is 4.44. The highest BCUT2D eigenvalue weighted by Crippen LogP contribution is 2.33. The lowest BCUT2D eigenvalue weighted by atomic mass is 9.90. The molecular formula is C15H15ClFNO2S. The number of nitrogens with zero attached hydrogens (tertiary/aromatic N) is 1. The molecule has 0 aliphatic heterocycles. The monoisotopic (exact) mass is 327 g/mol. The topological polar surface area (TPSA) is 39.2 Å². The molecule has 0 unspecified atom stereocenters. The van der Waals surface area contributed by atoms with Crippen LogP contribution in [-0.2, 0) is 14.9 Å². The summed E-state index contributed by atoms with van der Waals surface area (Å²) >= 11 is 7.05. The van der Waals surface area contributed by atoms with Crippen molar-refractivity contribution in [3.63, 3.8) is 0 Å². The Bertz CT molecular complexity index is 669. The van der Waals surface area contributed by atoms with Crippen molar-refractivity contribution in [1.29, 1.82) is 0 Å². The van der Waals surface area contributed by atoms with Gasteiger partial charge in [-0.05, 0) is 32.9 Å². The highest BCUT2D eigenvalue weighted by atomic mass is 35.5. The zero-order chi connectivity index (χ0) is 15.6. The third kappa shape index (κ3) is 3.09. The molecule has 21 heavy (non-hydrogen) atoms. The van der Waals surface area contributed by atoms with Crippen molar-refractivity contribution >= 4 is 28.9 Å². The Kier molecular flexibility index (Phi) is 4.64. The van der Waals surface area contributed by atoms with Crippen LogP contribution in [0.2, 0.25) is 5.02 Å². The lowest BCUT2D eigenvalue weighted by molar-refractivity contribution is -0.148. The van der Waals surface area contributed by atoms with E-state index in [1.807, 2.05) is 0 Å². The molecule has 0 saturated heterocycles. The quantitative estimate of drug-likeness (QED) is 0.779. The molecular weight excluding hydrogens is 313 g/mol. The van der Waals surface area contributed by atoms with E-state index >= 15 is 0 Å². The normalized spacial score (nSPS) is 11.5.